The number of aryl methyl sites for hydroxylation is 1. The van der Waals surface area contributed by atoms with E-state index < -0.39 is 11.7 Å². The van der Waals surface area contributed by atoms with Crippen LogP contribution in [0.15, 0.2) is 18.2 Å². The van der Waals surface area contributed by atoms with E-state index in [2.05, 4.69) is 0 Å². The van der Waals surface area contributed by atoms with E-state index in [1.807, 2.05) is 0 Å². The van der Waals surface area contributed by atoms with Crippen LogP contribution in [0.1, 0.15) is 24.8 Å². The third-order valence-corrected chi connectivity index (χ3v) is 5.21. The Labute approximate surface area is 151 Å². The van der Waals surface area contributed by atoms with Crippen molar-refractivity contribution in [2.45, 2.75) is 26.2 Å². The summed E-state index contributed by atoms with van der Waals surface area (Å²) in [6.45, 7) is 2.92. The van der Waals surface area contributed by atoms with Gasteiger partial charge in [0.2, 0.25) is 11.8 Å². The van der Waals surface area contributed by atoms with Crippen LogP contribution in [0.25, 0.3) is 0 Å². The van der Waals surface area contributed by atoms with Crippen LogP contribution in [0.5, 0.6) is 0 Å². The maximum atomic E-state index is 14.2. The van der Waals surface area contributed by atoms with Gasteiger partial charge in [-0.3, -0.25) is 14.4 Å². The van der Waals surface area contributed by atoms with Gasteiger partial charge in [-0.05, 0) is 37.5 Å². The molecule has 2 aliphatic rings. The molecule has 1 atom stereocenters. The highest BCUT2D eigenvalue weighted by Crippen LogP contribution is 2.30. The lowest BCUT2D eigenvalue weighted by molar-refractivity contribution is -0.149. The second-order valence-corrected chi connectivity index (χ2v) is 6.98. The Hall–Kier alpha value is -2.44. The molecular weight excluding hydrogens is 339 g/mol. The third-order valence-electron chi connectivity index (χ3n) is 5.21. The number of halogens is 1. The number of anilines is 1. The molecule has 0 aromatic heterocycles. The number of piperidine rings is 1. The molecule has 2 heterocycles. The number of benzene rings is 1. The van der Waals surface area contributed by atoms with Gasteiger partial charge in [-0.2, -0.15) is 0 Å². The van der Waals surface area contributed by atoms with Gasteiger partial charge in [-0.25, -0.2) is 4.39 Å². The number of carbonyl (C=O) groups excluding carboxylic acids is 3. The molecule has 2 fully saturated rings. The minimum atomic E-state index is -0.474. The monoisotopic (exact) mass is 362 g/mol. The topological polar surface area (TPSA) is 66.9 Å². The number of carbonyl (C=O) groups is 3. The largest absolute Gasteiger partial charge is 0.469 e. The second-order valence-electron chi connectivity index (χ2n) is 6.98. The van der Waals surface area contributed by atoms with Crippen LogP contribution in [0, 0.1) is 24.6 Å². The highest BCUT2D eigenvalue weighted by Gasteiger charge is 2.39. The van der Waals surface area contributed by atoms with Gasteiger partial charge in [-0.15, -0.1) is 0 Å². The first-order chi connectivity index (χ1) is 12.4. The van der Waals surface area contributed by atoms with Gasteiger partial charge < -0.3 is 14.5 Å². The van der Waals surface area contributed by atoms with Gasteiger partial charge in [0.25, 0.3) is 0 Å². The Morgan fingerprint density at radius 1 is 1.19 bits per heavy atom. The van der Waals surface area contributed by atoms with Gasteiger partial charge in [-0.1, -0.05) is 6.07 Å². The standard InChI is InChI=1S/C19H23FN2O4/c1-12-3-4-16(15(20)9-12)22-11-14(10-17(22)23)18(24)21-7-5-13(6-8-21)19(25)26-2/h3-4,9,13-14H,5-8,10-11H2,1-2H3/t14-/m0/s1. The Morgan fingerprint density at radius 3 is 2.50 bits per heavy atom. The van der Waals surface area contributed by atoms with Gasteiger partial charge in [0, 0.05) is 26.1 Å². The fourth-order valence-corrected chi connectivity index (χ4v) is 3.70. The molecule has 140 valence electrons. The third kappa shape index (κ3) is 3.57. The van der Waals surface area contributed by atoms with Crippen LogP contribution in [-0.4, -0.2) is 49.4 Å². The van der Waals surface area contributed by atoms with Crippen molar-refractivity contribution in [2.24, 2.45) is 11.8 Å². The van der Waals surface area contributed by atoms with Crippen LogP contribution in [0.2, 0.25) is 0 Å². The molecule has 2 aliphatic heterocycles. The Bertz CT molecular complexity index is 728. The zero-order chi connectivity index (χ0) is 18.8. The van der Waals surface area contributed by atoms with E-state index in [9.17, 15) is 18.8 Å². The van der Waals surface area contributed by atoms with Crippen molar-refractivity contribution in [3.63, 3.8) is 0 Å². The number of hydrogen-bond donors (Lipinski definition) is 0. The SMILES string of the molecule is COC(=O)C1CCN(C(=O)[C@H]2CC(=O)N(c3ccc(C)cc3F)C2)CC1. The predicted molar refractivity (Wildman–Crippen MR) is 92.9 cm³/mol. The molecule has 3 rings (SSSR count). The summed E-state index contributed by atoms with van der Waals surface area (Å²) >= 11 is 0. The molecule has 2 amide bonds. The van der Waals surface area contributed by atoms with Gasteiger partial charge in [0.15, 0.2) is 0 Å². The van der Waals surface area contributed by atoms with E-state index in [0.29, 0.717) is 25.9 Å². The number of ether oxygens (including phenoxy) is 1. The molecule has 0 unspecified atom stereocenters. The van der Waals surface area contributed by atoms with Gasteiger partial charge >= 0.3 is 5.97 Å². The smallest absolute Gasteiger partial charge is 0.308 e. The number of hydrogen-bond acceptors (Lipinski definition) is 4. The summed E-state index contributed by atoms with van der Waals surface area (Å²) in [4.78, 5) is 39.7. The first-order valence-corrected chi connectivity index (χ1v) is 8.84. The number of nitrogens with zero attached hydrogens (tertiary/aromatic N) is 2. The van der Waals surface area contributed by atoms with Crippen LogP contribution >= 0.6 is 0 Å². The average Bonchev–Trinajstić information content (AvgIpc) is 3.02. The molecule has 0 spiro atoms. The van der Waals surface area contributed by atoms with E-state index in [0.717, 1.165) is 5.56 Å². The van der Waals surface area contributed by atoms with E-state index in [1.165, 1.54) is 18.1 Å². The summed E-state index contributed by atoms with van der Waals surface area (Å²) in [6.07, 6.45) is 1.22. The van der Waals surface area contributed by atoms with E-state index >= 15 is 0 Å². The quantitative estimate of drug-likeness (QED) is 0.771. The average molecular weight is 362 g/mol. The predicted octanol–water partition coefficient (Wildman–Crippen LogP) is 1.90. The summed E-state index contributed by atoms with van der Waals surface area (Å²) in [5.41, 5.74) is 0.999. The summed E-state index contributed by atoms with van der Waals surface area (Å²) in [5.74, 6) is -1.68. The molecule has 0 saturated carbocycles. The zero-order valence-corrected chi connectivity index (χ0v) is 15.0. The van der Waals surface area contributed by atoms with Crippen LogP contribution in [0.3, 0.4) is 0 Å². The summed E-state index contributed by atoms with van der Waals surface area (Å²) < 4.78 is 18.9. The maximum absolute atomic E-state index is 14.2. The molecule has 0 aliphatic carbocycles. The van der Waals surface area contributed by atoms with Crippen LogP contribution < -0.4 is 4.90 Å². The molecular formula is C19H23FN2O4. The molecule has 26 heavy (non-hydrogen) atoms. The van der Waals surface area contributed by atoms with Crippen molar-refractivity contribution in [1.29, 1.82) is 0 Å². The highest BCUT2D eigenvalue weighted by molar-refractivity contribution is 6.00. The molecule has 6 nitrogen and oxygen atoms in total. The first-order valence-electron chi connectivity index (χ1n) is 8.84. The fraction of sp³-hybridized carbons (Fsp3) is 0.526. The van der Waals surface area contributed by atoms with Crippen LogP contribution in [0.4, 0.5) is 10.1 Å². The van der Waals surface area contributed by atoms with Gasteiger partial charge in [0.05, 0.1) is 24.6 Å². The lowest BCUT2D eigenvalue weighted by Crippen LogP contribution is -2.43. The van der Waals surface area contributed by atoms with Crippen molar-refractivity contribution < 1.29 is 23.5 Å². The highest BCUT2D eigenvalue weighted by atomic mass is 19.1. The normalized spacial score (nSPS) is 21.2. The maximum Gasteiger partial charge on any atom is 0.308 e. The van der Waals surface area contributed by atoms with Crippen molar-refractivity contribution >= 4 is 23.5 Å². The van der Waals surface area contributed by atoms with E-state index in [1.54, 1.807) is 24.0 Å². The summed E-state index contributed by atoms with van der Waals surface area (Å²) in [5, 5.41) is 0. The minimum Gasteiger partial charge on any atom is -0.469 e. The Kier molecular flexibility index (Phi) is 5.25. The van der Waals surface area contributed by atoms with E-state index in [4.69, 9.17) is 4.74 Å². The molecule has 0 bridgehead atoms. The zero-order valence-electron chi connectivity index (χ0n) is 15.0. The van der Waals surface area contributed by atoms with Crippen molar-refractivity contribution in [3.8, 4) is 0 Å². The summed E-state index contributed by atoms with van der Waals surface area (Å²) in [7, 11) is 1.36. The molecule has 1 aromatic carbocycles. The van der Waals surface area contributed by atoms with Crippen molar-refractivity contribution in [1.82, 2.24) is 4.90 Å². The van der Waals surface area contributed by atoms with Gasteiger partial charge in [0.1, 0.15) is 5.82 Å². The number of esters is 1. The van der Waals surface area contributed by atoms with Crippen LogP contribution in [-0.2, 0) is 19.1 Å². The molecule has 0 N–H and O–H groups in total. The molecule has 7 heteroatoms. The number of methoxy groups -OCH3 is 1. The first kappa shape index (κ1) is 18.4. The summed E-state index contributed by atoms with van der Waals surface area (Å²) in [6, 6.07) is 4.71. The Balaban J connectivity index is 1.63. The number of rotatable bonds is 3. The lowest BCUT2D eigenvalue weighted by Gasteiger charge is -2.32. The Morgan fingerprint density at radius 2 is 1.88 bits per heavy atom. The molecule has 2 saturated heterocycles. The van der Waals surface area contributed by atoms with E-state index in [-0.39, 0.29) is 42.4 Å². The van der Waals surface area contributed by atoms with Crippen molar-refractivity contribution in [3.05, 3.63) is 29.6 Å². The molecule has 1 aromatic rings. The number of amides is 2. The minimum absolute atomic E-state index is 0.0864. The fourth-order valence-electron chi connectivity index (χ4n) is 3.70. The molecule has 0 radical (unpaired) electrons. The van der Waals surface area contributed by atoms with Crippen molar-refractivity contribution in [2.75, 3.05) is 31.6 Å². The lowest BCUT2D eigenvalue weighted by atomic mass is 9.95. The second kappa shape index (κ2) is 7.43. The number of likely N-dealkylation sites (tertiary alicyclic amines) is 1.